The lowest BCUT2D eigenvalue weighted by molar-refractivity contribution is -0.153. The first-order valence-electron chi connectivity index (χ1n) is 9.63. The van der Waals surface area contributed by atoms with E-state index in [-0.39, 0.29) is 37.1 Å². The minimum atomic E-state index is -4.47. The number of alkyl halides is 3. The predicted molar refractivity (Wildman–Crippen MR) is 106 cm³/mol. The maximum atomic E-state index is 13.9. The molecule has 0 saturated carbocycles. The number of morpholine rings is 1. The highest BCUT2D eigenvalue weighted by Crippen LogP contribution is 2.35. The Morgan fingerprint density at radius 3 is 2.77 bits per heavy atom. The summed E-state index contributed by atoms with van der Waals surface area (Å²) in [5.74, 6) is 0.365. The van der Waals surface area contributed by atoms with E-state index in [0.29, 0.717) is 36.2 Å². The topological polar surface area (TPSA) is 63.5 Å². The van der Waals surface area contributed by atoms with Crippen molar-refractivity contribution < 1.29 is 17.9 Å². The second kappa shape index (κ2) is 8.07. The SMILES string of the molecule is CC1COCCN1c1cc(=O)n2c(n1)N(Cc1cncc(Cl)c1)[C@H](C(F)(F)F)CC2. The summed E-state index contributed by atoms with van der Waals surface area (Å²) in [5, 5.41) is 0.328. The zero-order valence-electron chi connectivity index (χ0n) is 16.3. The minimum Gasteiger partial charge on any atom is -0.377 e. The van der Waals surface area contributed by atoms with E-state index in [4.69, 9.17) is 16.3 Å². The fourth-order valence-electron chi connectivity index (χ4n) is 3.93. The van der Waals surface area contributed by atoms with Gasteiger partial charge in [0.2, 0.25) is 5.95 Å². The van der Waals surface area contributed by atoms with E-state index >= 15 is 0 Å². The van der Waals surface area contributed by atoms with Crippen molar-refractivity contribution in [1.82, 2.24) is 14.5 Å². The zero-order chi connectivity index (χ0) is 21.5. The number of nitrogens with zero attached hydrogens (tertiary/aromatic N) is 5. The van der Waals surface area contributed by atoms with Crippen LogP contribution in [0, 0.1) is 0 Å². The molecule has 4 heterocycles. The molecule has 1 fully saturated rings. The average molecular weight is 444 g/mol. The Morgan fingerprint density at radius 2 is 2.07 bits per heavy atom. The van der Waals surface area contributed by atoms with Gasteiger partial charge in [-0.25, -0.2) is 0 Å². The molecule has 162 valence electrons. The molecule has 4 rings (SSSR count). The molecule has 2 aromatic rings. The van der Waals surface area contributed by atoms with Gasteiger partial charge in [-0.3, -0.25) is 14.3 Å². The molecule has 2 atom stereocenters. The third-order valence-corrected chi connectivity index (χ3v) is 5.59. The van der Waals surface area contributed by atoms with Crippen LogP contribution in [0.5, 0.6) is 0 Å². The fraction of sp³-hybridized carbons (Fsp3) is 0.526. The van der Waals surface area contributed by atoms with E-state index in [2.05, 4.69) is 9.97 Å². The molecular formula is C19H21ClF3N5O2. The maximum absolute atomic E-state index is 13.9. The largest absolute Gasteiger partial charge is 0.408 e. The van der Waals surface area contributed by atoms with Crippen molar-refractivity contribution in [1.29, 1.82) is 0 Å². The molecule has 2 aliphatic rings. The van der Waals surface area contributed by atoms with E-state index < -0.39 is 12.2 Å². The number of anilines is 2. The summed E-state index contributed by atoms with van der Waals surface area (Å²) in [7, 11) is 0. The molecule has 0 aliphatic carbocycles. The lowest BCUT2D eigenvalue weighted by Crippen LogP contribution is -2.52. The van der Waals surface area contributed by atoms with E-state index in [0.717, 1.165) is 4.90 Å². The first-order chi connectivity index (χ1) is 14.2. The molecule has 0 radical (unpaired) electrons. The predicted octanol–water partition coefficient (Wildman–Crippen LogP) is 2.86. The number of rotatable bonds is 3. The normalized spacial score (nSPS) is 22.2. The van der Waals surface area contributed by atoms with E-state index in [1.165, 1.54) is 23.0 Å². The van der Waals surface area contributed by atoms with Gasteiger partial charge in [0.15, 0.2) is 0 Å². The molecule has 11 heteroatoms. The van der Waals surface area contributed by atoms with Gasteiger partial charge in [-0.15, -0.1) is 0 Å². The van der Waals surface area contributed by atoms with Crippen molar-refractivity contribution in [3.63, 3.8) is 0 Å². The second-order valence-electron chi connectivity index (χ2n) is 7.51. The van der Waals surface area contributed by atoms with Crippen LogP contribution in [0.15, 0.2) is 29.3 Å². The van der Waals surface area contributed by atoms with E-state index in [1.807, 2.05) is 11.8 Å². The van der Waals surface area contributed by atoms with E-state index in [1.54, 1.807) is 6.07 Å². The van der Waals surface area contributed by atoms with Crippen LogP contribution in [0.25, 0.3) is 0 Å². The van der Waals surface area contributed by atoms with Crippen molar-refractivity contribution >= 4 is 23.4 Å². The van der Waals surface area contributed by atoms with Crippen LogP contribution in [0.1, 0.15) is 18.9 Å². The number of fused-ring (bicyclic) bond motifs is 1. The summed E-state index contributed by atoms with van der Waals surface area (Å²) < 4.78 is 48.3. The monoisotopic (exact) mass is 443 g/mol. The first-order valence-corrected chi connectivity index (χ1v) is 10.0. The van der Waals surface area contributed by atoms with Gasteiger partial charge < -0.3 is 14.5 Å². The standard InChI is InChI=1S/C19H21ClF3N5O2/c1-12-11-30-5-4-26(12)16-7-17(29)27-3-2-15(19(21,22)23)28(18(27)25-16)10-13-6-14(20)9-24-8-13/h6-9,12,15H,2-5,10-11H2,1H3/t12?,15-/m0/s1. The van der Waals surface area contributed by atoms with Crippen LogP contribution >= 0.6 is 11.6 Å². The Morgan fingerprint density at radius 1 is 1.27 bits per heavy atom. The quantitative estimate of drug-likeness (QED) is 0.727. The van der Waals surface area contributed by atoms with Crippen LogP contribution in [-0.4, -0.2) is 52.6 Å². The summed E-state index contributed by atoms with van der Waals surface area (Å²) >= 11 is 5.96. The van der Waals surface area contributed by atoms with Crippen LogP contribution in [0.4, 0.5) is 24.9 Å². The van der Waals surface area contributed by atoms with Gasteiger partial charge in [0, 0.05) is 38.1 Å². The molecule has 0 N–H and O–H groups in total. The van der Waals surface area contributed by atoms with Crippen molar-refractivity contribution in [2.45, 2.75) is 44.7 Å². The van der Waals surface area contributed by atoms with Crippen molar-refractivity contribution in [3.8, 4) is 0 Å². The summed E-state index contributed by atoms with van der Waals surface area (Å²) in [5.41, 5.74) is 0.133. The smallest absolute Gasteiger partial charge is 0.377 e. The highest BCUT2D eigenvalue weighted by Gasteiger charge is 2.47. The number of hydrogen-bond acceptors (Lipinski definition) is 6. The number of halogens is 4. The van der Waals surface area contributed by atoms with Gasteiger partial charge in [-0.2, -0.15) is 18.2 Å². The number of aromatic nitrogens is 3. The zero-order valence-corrected chi connectivity index (χ0v) is 17.0. The lowest BCUT2D eigenvalue weighted by Gasteiger charge is -2.40. The molecule has 7 nitrogen and oxygen atoms in total. The molecule has 0 spiro atoms. The van der Waals surface area contributed by atoms with Crippen LogP contribution < -0.4 is 15.4 Å². The molecule has 0 bridgehead atoms. The van der Waals surface area contributed by atoms with E-state index in [9.17, 15) is 18.0 Å². The van der Waals surface area contributed by atoms with Gasteiger partial charge in [-0.05, 0) is 25.0 Å². The maximum Gasteiger partial charge on any atom is 0.408 e. The lowest BCUT2D eigenvalue weighted by atomic mass is 10.1. The minimum absolute atomic E-state index is 0.00439. The molecule has 0 amide bonds. The Balaban J connectivity index is 1.79. The number of ether oxygens (including phenoxy) is 1. The third-order valence-electron chi connectivity index (χ3n) is 5.39. The summed E-state index contributed by atoms with van der Waals surface area (Å²) in [6.45, 7) is 3.20. The van der Waals surface area contributed by atoms with Crippen LogP contribution in [0.3, 0.4) is 0 Å². The molecule has 2 aromatic heterocycles. The summed E-state index contributed by atoms with van der Waals surface area (Å²) in [4.78, 5) is 24.3. The number of pyridine rings is 1. The molecule has 0 aromatic carbocycles. The van der Waals surface area contributed by atoms with Gasteiger partial charge >= 0.3 is 6.18 Å². The van der Waals surface area contributed by atoms with Gasteiger partial charge in [-0.1, -0.05) is 11.6 Å². The Labute approximate surface area is 176 Å². The molecular weight excluding hydrogens is 423 g/mol. The average Bonchev–Trinajstić information content (AvgIpc) is 2.68. The Bertz CT molecular complexity index is 983. The first kappa shape index (κ1) is 20.9. The van der Waals surface area contributed by atoms with Crippen LogP contribution in [-0.2, 0) is 17.8 Å². The fourth-order valence-corrected chi connectivity index (χ4v) is 4.13. The summed E-state index contributed by atoms with van der Waals surface area (Å²) in [6, 6.07) is 1.15. The Kier molecular flexibility index (Phi) is 5.63. The molecule has 30 heavy (non-hydrogen) atoms. The highest BCUT2D eigenvalue weighted by molar-refractivity contribution is 6.30. The second-order valence-corrected chi connectivity index (χ2v) is 7.94. The van der Waals surface area contributed by atoms with Crippen molar-refractivity contribution in [2.75, 3.05) is 29.6 Å². The molecule has 1 unspecified atom stereocenters. The van der Waals surface area contributed by atoms with Gasteiger partial charge in [0.25, 0.3) is 5.56 Å². The summed E-state index contributed by atoms with van der Waals surface area (Å²) in [6.07, 6.45) is -1.84. The van der Waals surface area contributed by atoms with Gasteiger partial charge in [0.05, 0.1) is 24.3 Å². The van der Waals surface area contributed by atoms with Gasteiger partial charge in [0.1, 0.15) is 11.9 Å². The highest BCUT2D eigenvalue weighted by atomic mass is 35.5. The Hall–Kier alpha value is -2.33. The van der Waals surface area contributed by atoms with Crippen molar-refractivity contribution in [3.05, 3.63) is 45.5 Å². The molecule has 1 saturated heterocycles. The number of hydrogen-bond donors (Lipinski definition) is 0. The van der Waals surface area contributed by atoms with Crippen molar-refractivity contribution in [2.24, 2.45) is 0 Å². The third kappa shape index (κ3) is 4.11. The van der Waals surface area contributed by atoms with Crippen LogP contribution in [0.2, 0.25) is 5.02 Å². The molecule has 2 aliphatic heterocycles.